The van der Waals surface area contributed by atoms with Crippen LogP contribution < -0.4 is 15.4 Å². The van der Waals surface area contributed by atoms with Gasteiger partial charge >= 0.3 is 0 Å². The van der Waals surface area contributed by atoms with E-state index >= 15 is 0 Å². The number of halogens is 1. The van der Waals surface area contributed by atoms with E-state index in [-0.39, 0.29) is 42.0 Å². The van der Waals surface area contributed by atoms with Gasteiger partial charge in [-0.15, -0.1) is 24.0 Å². The molecule has 1 aliphatic rings. The Morgan fingerprint density at radius 3 is 2.61 bits per heavy atom. The van der Waals surface area contributed by atoms with E-state index in [0.29, 0.717) is 12.3 Å². The minimum atomic E-state index is -0.0695. The standard InChI is InChI=1S/C22H37N5O3.HI/c1-6-23-21(25-17-22(2,3)27-10-12-29-13-11-27)24-15-18-8-7-9-19(14-18)30-16-20(28)26(4)5;/h7-9,14H,6,10-13,15-17H2,1-5H3,(H2,23,24,25);1H. The molecule has 0 radical (unpaired) electrons. The number of nitrogens with zero attached hydrogens (tertiary/aromatic N) is 3. The van der Waals surface area contributed by atoms with Crippen LogP contribution in [-0.4, -0.2) is 87.3 Å². The van der Waals surface area contributed by atoms with Gasteiger partial charge in [0.1, 0.15) is 5.75 Å². The topological polar surface area (TPSA) is 78.4 Å². The van der Waals surface area contributed by atoms with Crippen LogP contribution in [0, 0.1) is 0 Å². The number of ether oxygens (including phenoxy) is 2. The first-order chi connectivity index (χ1) is 14.3. The van der Waals surface area contributed by atoms with Crippen molar-refractivity contribution in [2.24, 2.45) is 4.99 Å². The molecule has 0 spiro atoms. The zero-order valence-corrected chi connectivity index (χ0v) is 21.8. The van der Waals surface area contributed by atoms with Gasteiger partial charge in [0.2, 0.25) is 0 Å². The molecule has 9 heteroatoms. The van der Waals surface area contributed by atoms with Gasteiger partial charge in [-0.2, -0.15) is 0 Å². The van der Waals surface area contributed by atoms with Crippen LogP contribution >= 0.6 is 24.0 Å². The molecule has 1 aliphatic heterocycles. The van der Waals surface area contributed by atoms with Crippen LogP contribution in [0.5, 0.6) is 5.75 Å². The minimum Gasteiger partial charge on any atom is -0.484 e. The third kappa shape index (κ3) is 9.61. The number of carbonyl (C=O) groups excluding carboxylic acids is 1. The summed E-state index contributed by atoms with van der Waals surface area (Å²) in [4.78, 5) is 20.4. The fraction of sp³-hybridized carbons (Fsp3) is 0.636. The molecule has 8 nitrogen and oxygen atoms in total. The summed E-state index contributed by atoms with van der Waals surface area (Å²) in [7, 11) is 3.43. The lowest BCUT2D eigenvalue weighted by Crippen LogP contribution is -2.56. The van der Waals surface area contributed by atoms with E-state index < -0.39 is 0 Å². The van der Waals surface area contributed by atoms with Gasteiger partial charge < -0.3 is 25.0 Å². The molecular weight excluding hydrogens is 509 g/mol. The molecule has 0 aliphatic carbocycles. The lowest BCUT2D eigenvalue weighted by atomic mass is 10.0. The molecule has 0 atom stereocenters. The number of guanidine groups is 1. The van der Waals surface area contributed by atoms with Crippen molar-refractivity contribution in [3.8, 4) is 5.75 Å². The van der Waals surface area contributed by atoms with Gasteiger partial charge in [0.05, 0.1) is 19.8 Å². The fourth-order valence-electron chi connectivity index (χ4n) is 3.10. The molecule has 31 heavy (non-hydrogen) atoms. The maximum absolute atomic E-state index is 11.7. The lowest BCUT2D eigenvalue weighted by molar-refractivity contribution is -0.130. The molecule has 1 heterocycles. The molecular formula is C22H38IN5O3. The van der Waals surface area contributed by atoms with Crippen molar-refractivity contribution in [2.75, 3.05) is 60.1 Å². The van der Waals surface area contributed by atoms with Crippen LogP contribution in [0.2, 0.25) is 0 Å². The van der Waals surface area contributed by atoms with Gasteiger partial charge in [0, 0.05) is 45.8 Å². The Kier molecular flexibility index (Phi) is 12.2. The monoisotopic (exact) mass is 547 g/mol. The number of nitrogens with one attached hydrogen (secondary N) is 2. The van der Waals surface area contributed by atoms with Gasteiger partial charge in [0.15, 0.2) is 12.6 Å². The highest BCUT2D eigenvalue weighted by molar-refractivity contribution is 14.0. The smallest absolute Gasteiger partial charge is 0.259 e. The first-order valence-corrected chi connectivity index (χ1v) is 10.6. The Bertz CT molecular complexity index is 706. The number of aliphatic imine (C=N–C) groups is 1. The number of hydrogen-bond donors (Lipinski definition) is 2. The summed E-state index contributed by atoms with van der Waals surface area (Å²) in [6, 6.07) is 7.70. The maximum atomic E-state index is 11.7. The Morgan fingerprint density at radius 1 is 1.26 bits per heavy atom. The highest BCUT2D eigenvalue weighted by Crippen LogP contribution is 2.16. The van der Waals surface area contributed by atoms with E-state index in [4.69, 9.17) is 14.5 Å². The Morgan fingerprint density at radius 2 is 1.97 bits per heavy atom. The van der Waals surface area contributed by atoms with Crippen molar-refractivity contribution in [1.82, 2.24) is 20.4 Å². The Labute approximate surface area is 203 Å². The summed E-state index contributed by atoms with van der Waals surface area (Å²) in [6.07, 6.45) is 0. The van der Waals surface area contributed by atoms with Crippen LogP contribution in [0.25, 0.3) is 0 Å². The lowest BCUT2D eigenvalue weighted by Gasteiger charge is -2.41. The van der Waals surface area contributed by atoms with Crippen molar-refractivity contribution in [3.63, 3.8) is 0 Å². The third-order valence-electron chi connectivity index (χ3n) is 5.08. The number of carbonyl (C=O) groups is 1. The number of hydrogen-bond acceptors (Lipinski definition) is 5. The minimum absolute atomic E-state index is 0. The number of rotatable bonds is 9. The quantitative estimate of drug-likeness (QED) is 0.280. The molecule has 2 rings (SSSR count). The third-order valence-corrected chi connectivity index (χ3v) is 5.08. The van der Waals surface area contributed by atoms with Gasteiger partial charge in [0.25, 0.3) is 5.91 Å². The molecule has 176 valence electrons. The first-order valence-electron chi connectivity index (χ1n) is 10.6. The van der Waals surface area contributed by atoms with Crippen LogP contribution in [0.15, 0.2) is 29.3 Å². The van der Waals surface area contributed by atoms with Crippen LogP contribution in [0.3, 0.4) is 0 Å². The zero-order chi connectivity index (χ0) is 22.0. The van der Waals surface area contributed by atoms with Crippen molar-refractivity contribution in [2.45, 2.75) is 32.9 Å². The predicted molar refractivity (Wildman–Crippen MR) is 135 cm³/mol. The van der Waals surface area contributed by atoms with E-state index in [1.165, 1.54) is 4.90 Å². The highest BCUT2D eigenvalue weighted by Gasteiger charge is 2.28. The largest absolute Gasteiger partial charge is 0.484 e. The first kappa shape index (κ1) is 27.4. The van der Waals surface area contributed by atoms with Crippen LogP contribution in [0.1, 0.15) is 26.3 Å². The molecule has 1 amide bonds. The number of likely N-dealkylation sites (N-methyl/N-ethyl adjacent to an activating group) is 1. The molecule has 1 saturated heterocycles. The molecule has 1 aromatic carbocycles. The van der Waals surface area contributed by atoms with E-state index in [0.717, 1.165) is 50.9 Å². The summed E-state index contributed by atoms with van der Waals surface area (Å²) in [5.74, 6) is 1.39. The van der Waals surface area contributed by atoms with Crippen LogP contribution in [-0.2, 0) is 16.1 Å². The molecule has 0 unspecified atom stereocenters. The predicted octanol–water partition coefficient (Wildman–Crippen LogP) is 1.94. The second kappa shape index (κ2) is 13.7. The number of amides is 1. The van der Waals surface area contributed by atoms with Gasteiger partial charge in [-0.25, -0.2) is 4.99 Å². The van der Waals surface area contributed by atoms with Crippen molar-refractivity contribution in [1.29, 1.82) is 0 Å². The number of benzene rings is 1. The van der Waals surface area contributed by atoms with Crippen molar-refractivity contribution in [3.05, 3.63) is 29.8 Å². The van der Waals surface area contributed by atoms with E-state index in [1.54, 1.807) is 14.1 Å². The average Bonchev–Trinajstić information content (AvgIpc) is 2.75. The van der Waals surface area contributed by atoms with Crippen molar-refractivity contribution < 1.29 is 14.3 Å². The summed E-state index contributed by atoms with van der Waals surface area (Å²) in [5.41, 5.74) is 1.03. The normalized spacial score (nSPS) is 15.1. The average molecular weight is 547 g/mol. The summed E-state index contributed by atoms with van der Waals surface area (Å²) < 4.78 is 11.1. The Balaban J connectivity index is 0.00000480. The zero-order valence-electron chi connectivity index (χ0n) is 19.4. The molecule has 1 aromatic rings. The Hall–Kier alpha value is -1.59. The molecule has 1 fully saturated rings. The fourth-order valence-corrected chi connectivity index (χ4v) is 3.10. The van der Waals surface area contributed by atoms with E-state index in [2.05, 4.69) is 36.3 Å². The van der Waals surface area contributed by atoms with Gasteiger partial charge in [-0.3, -0.25) is 9.69 Å². The van der Waals surface area contributed by atoms with E-state index in [9.17, 15) is 4.79 Å². The molecule has 0 aromatic heterocycles. The van der Waals surface area contributed by atoms with Gasteiger partial charge in [-0.05, 0) is 38.5 Å². The molecule has 0 bridgehead atoms. The highest BCUT2D eigenvalue weighted by atomic mass is 127. The van der Waals surface area contributed by atoms with Crippen molar-refractivity contribution >= 4 is 35.8 Å². The molecule has 0 saturated carbocycles. The SMILES string of the molecule is CCNC(=NCc1cccc(OCC(=O)N(C)C)c1)NCC(C)(C)N1CCOCC1.I. The van der Waals surface area contributed by atoms with Gasteiger partial charge in [-0.1, -0.05) is 12.1 Å². The summed E-state index contributed by atoms with van der Waals surface area (Å²) in [6.45, 7) is 12.1. The molecule has 2 N–H and O–H groups in total. The second-order valence-electron chi connectivity index (χ2n) is 8.18. The second-order valence-corrected chi connectivity index (χ2v) is 8.18. The summed E-state index contributed by atoms with van der Waals surface area (Å²) in [5, 5.41) is 6.78. The van der Waals surface area contributed by atoms with E-state index in [1.807, 2.05) is 24.3 Å². The summed E-state index contributed by atoms with van der Waals surface area (Å²) >= 11 is 0. The number of morpholine rings is 1. The maximum Gasteiger partial charge on any atom is 0.259 e. The van der Waals surface area contributed by atoms with Crippen LogP contribution in [0.4, 0.5) is 0 Å².